The first-order valence-corrected chi connectivity index (χ1v) is 7.22. The molecule has 1 heterocycles. The number of carbonyl (C=O) groups excluding carboxylic acids is 2. The lowest BCUT2D eigenvalue weighted by Gasteiger charge is -2.16. The third kappa shape index (κ3) is 4.43. The molecular weight excluding hydrogens is 318 g/mol. The molecule has 7 heteroatoms. The number of benzene rings is 1. The summed E-state index contributed by atoms with van der Waals surface area (Å²) < 4.78 is 5.07. The van der Waals surface area contributed by atoms with E-state index in [0.29, 0.717) is 10.8 Å². The zero-order valence-electron chi connectivity index (χ0n) is 12.5. The lowest BCUT2D eigenvalue weighted by atomic mass is 10.0. The molecule has 0 spiro atoms. The largest absolute Gasteiger partial charge is 0.495 e. The summed E-state index contributed by atoms with van der Waals surface area (Å²) in [6, 6.07) is 9.19. The van der Waals surface area contributed by atoms with Gasteiger partial charge >= 0.3 is 0 Å². The number of hydrogen-bond donors (Lipinski definition) is 2. The molecule has 3 N–H and O–H groups in total. The number of pyridine rings is 1. The number of carbonyl (C=O) groups is 2. The number of methoxy groups -OCH3 is 1. The van der Waals surface area contributed by atoms with Gasteiger partial charge in [0.25, 0.3) is 5.91 Å². The van der Waals surface area contributed by atoms with Crippen LogP contribution in [0.2, 0.25) is 5.02 Å². The Morgan fingerprint density at radius 1 is 1.35 bits per heavy atom. The number of amides is 2. The van der Waals surface area contributed by atoms with Gasteiger partial charge < -0.3 is 15.8 Å². The predicted molar refractivity (Wildman–Crippen MR) is 86.4 cm³/mol. The smallest absolute Gasteiger partial charge is 0.270 e. The van der Waals surface area contributed by atoms with Crippen molar-refractivity contribution in [2.75, 3.05) is 7.11 Å². The highest BCUT2D eigenvalue weighted by Gasteiger charge is 2.20. The molecule has 2 aromatic rings. The molecule has 0 saturated heterocycles. The van der Waals surface area contributed by atoms with E-state index in [9.17, 15) is 9.59 Å². The fourth-order valence-corrected chi connectivity index (χ4v) is 2.30. The van der Waals surface area contributed by atoms with Gasteiger partial charge in [-0.25, -0.2) is 0 Å². The van der Waals surface area contributed by atoms with E-state index in [1.165, 1.54) is 13.3 Å². The highest BCUT2D eigenvalue weighted by molar-refractivity contribution is 6.32. The van der Waals surface area contributed by atoms with E-state index < -0.39 is 17.9 Å². The minimum Gasteiger partial charge on any atom is -0.495 e. The molecule has 120 valence electrons. The fourth-order valence-electron chi connectivity index (χ4n) is 2.02. The predicted octanol–water partition coefficient (Wildman–Crippen LogP) is 1.57. The van der Waals surface area contributed by atoms with Crippen LogP contribution in [0.1, 0.15) is 16.1 Å². The maximum atomic E-state index is 12.1. The number of primary amides is 1. The Bertz CT molecular complexity index is 707. The fraction of sp³-hybridized carbons (Fsp3) is 0.188. The minimum atomic E-state index is -0.867. The van der Waals surface area contributed by atoms with Gasteiger partial charge in [0.05, 0.1) is 12.1 Å². The highest BCUT2D eigenvalue weighted by Crippen LogP contribution is 2.25. The molecule has 1 atom stereocenters. The van der Waals surface area contributed by atoms with E-state index in [2.05, 4.69) is 10.3 Å². The van der Waals surface area contributed by atoms with Gasteiger partial charge in [0, 0.05) is 12.6 Å². The molecule has 1 aromatic carbocycles. The molecule has 0 saturated carbocycles. The number of nitrogens with two attached hydrogens (primary N) is 1. The van der Waals surface area contributed by atoms with Crippen molar-refractivity contribution >= 4 is 23.4 Å². The van der Waals surface area contributed by atoms with Crippen LogP contribution in [0, 0.1) is 0 Å². The van der Waals surface area contributed by atoms with Crippen LogP contribution in [-0.4, -0.2) is 29.9 Å². The number of rotatable bonds is 6. The van der Waals surface area contributed by atoms with E-state index in [4.69, 9.17) is 22.1 Å². The Hall–Kier alpha value is -2.60. The zero-order valence-corrected chi connectivity index (χ0v) is 13.2. The molecule has 6 nitrogen and oxygen atoms in total. The standard InChI is InChI=1S/C16H16ClN3O3/c1-23-14-6-5-10(8-11(14)17)9-13(15(18)21)20-16(22)12-4-2-3-7-19-12/h2-8,13H,9H2,1H3,(H2,18,21)(H,20,22)/t13-/m0/s1. The minimum absolute atomic E-state index is 0.214. The summed E-state index contributed by atoms with van der Waals surface area (Å²) in [6.45, 7) is 0. The van der Waals surface area contributed by atoms with Crippen molar-refractivity contribution < 1.29 is 14.3 Å². The van der Waals surface area contributed by atoms with Crippen LogP contribution in [0.4, 0.5) is 0 Å². The summed E-state index contributed by atoms with van der Waals surface area (Å²) in [7, 11) is 1.51. The van der Waals surface area contributed by atoms with E-state index >= 15 is 0 Å². The van der Waals surface area contributed by atoms with Crippen LogP contribution in [0.5, 0.6) is 5.75 Å². The Balaban J connectivity index is 2.12. The van der Waals surface area contributed by atoms with Gasteiger partial charge in [-0.05, 0) is 29.8 Å². The van der Waals surface area contributed by atoms with Crippen molar-refractivity contribution in [2.45, 2.75) is 12.5 Å². The van der Waals surface area contributed by atoms with Crippen LogP contribution in [0.3, 0.4) is 0 Å². The summed E-state index contributed by atoms with van der Waals surface area (Å²) in [4.78, 5) is 27.6. The number of ether oxygens (including phenoxy) is 1. The van der Waals surface area contributed by atoms with Crippen LogP contribution in [0.15, 0.2) is 42.6 Å². The quantitative estimate of drug-likeness (QED) is 0.839. The summed E-state index contributed by atoms with van der Waals surface area (Å²) in [5, 5.41) is 3.00. The Kier molecular flexibility index (Phi) is 5.54. The van der Waals surface area contributed by atoms with Crippen molar-refractivity contribution in [2.24, 2.45) is 5.73 Å². The normalized spacial score (nSPS) is 11.6. The molecule has 0 aliphatic rings. The van der Waals surface area contributed by atoms with Gasteiger partial charge in [0.2, 0.25) is 5.91 Å². The first kappa shape index (κ1) is 16.8. The highest BCUT2D eigenvalue weighted by atomic mass is 35.5. The second kappa shape index (κ2) is 7.60. The number of nitrogens with zero attached hydrogens (tertiary/aromatic N) is 1. The number of nitrogens with one attached hydrogen (secondary N) is 1. The number of halogens is 1. The first-order chi connectivity index (χ1) is 11.0. The number of aromatic nitrogens is 1. The molecule has 0 aliphatic carbocycles. The lowest BCUT2D eigenvalue weighted by Crippen LogP contribution is -2.46. The van der Waals surface area contributed by atoms with Gasteiger partial charge in [0.1, 0.15) is 17.5 Å². The second-order valence-electron chi connectivity index (χ2n) is 4.82. The molecule has 0 bridgehead atoms. The van der Waals surface area contributed by atoms with Gasteiger partial charge in [-0.15, -0.1) is 0 Å². The van der Waals surface area contributed by atoms with Gasteiger partial charge in [-0.3, -0.25) is 14.6 Å². The topological polar surface area (TPSA) is 94.3 Å². The van der Waals surface area contributed by atoms with Crippen molar-refractivity contribution in [1.29, 1.82) is 0 Å². The van der Waals surface area contributed by atoms with Crippen molar-refractivity contribution in [3.8, 4) is 5.75 Å². The van der Waals surface area contributed by atoms with E-state index in [0.717, 1.165) is 5.56 Å². The van der Waals surface area contributed by atoms with Crippen LogP contribution in [0.25, 0.3) is 0 Å². The van der Waals surface area contributed by atoms with Gasteiger partial charge in [0.15, 0.2) is 0 Å². The molecule has 2 amide bonds. The molecule has 0 radical (unpaired) electrons. The summed E-state index contributed by atoms with van der Waals surface area (Å²) in [5.41, 5.74) is 6.34. The molecule has 23 heavy (non-hydrogen) atoms. The zero-order chi connectivity index (χ0) is 16.8. The average molecular weight is 334 g/mol. The SMILES string of the molecule is COc1ccc(C[C@H](NC(=O)c2ccccn2)C(N)=O)cc1Cl. The number of hydrogen-bond acceptors (Lipinski definition) is 4. The molecule has 2 rings (SSSR count). The molecule has 0 fully saturated rings. The molecule has 0 unspecified atom stereocenters. The lowest BCUT2D eigenvalue weighted by molar-refractivity contribution is -0.119. The van der Waals surface area contributed by atoms with E-state index in [1.54, 1.807) is 36.4 Å². The molecule has 0 aliphatic heterocycles. The summed E-state index contributed by atoms with van der Waals surface area (Å²) in [6.07, 6.45) is 1.72. The van der Waals surface area contributed by atoms with Crippen molar-refractivity contribution in [3.05, 3.63) is 58.9 Å². The maximum Gasteiger partial charge on any atom is 0.270 e. The van der Waals surface area contributed by atoms with Crippen molar-refractivity contribution in [1.82, 2.24) is 10.3 Å². The first-order valence-electron chi connectivity index (χ1n) is 6.85. The van der Waals surface area contributed by atoms with E-state index in [-0.39, 0.29) is 12.1 Å². The maximum absolute atomic E-state index is 12.1. The Morgan fingerprint density at radius 3 is 2.70 bits per heavy atom. The summed E-state index contributed by atoms with van der Waals surface area (Å²) in [5.74, 6) is -0.571. The third-order valence-electron chi connectivity index (χ3n) is 3.20. The van der Waals surface area contributed by atoms with Crippen molar-refractivity contribution in [3.63, 3.8) is 0 Å². The van der Waals surface area contributed by atoms with E-state index in [1.807, 2.05) is 0 Å². The molecular formula is C16H16ClN3O3. The Labute approximate surface area is 138 Å². The third-order valence-corrected chi connectivity index (χ3v) is 3.50. The second-order valence-corrected chi connectivity index (χ2v) is 5.22. The average Bonchev–Trinajstić information content (AvgIpc) is 2.55. The Morgan fingerprint density at radius 2 is 2.13 bits per heavy atom. The van der Waals surface area contributed by atoms with Gasteiger partial charge in [-0.1, -0.05) is 23.7 Å². The summed E-state index contributed by atoms with van der Waals surface area (Å²) >= 11 is 6.06. The van der Waals surface area contributed by atoms with Crippen LogP contribution < -0.4 is 15.8 Å². The molecule has 1 aromatic heterocycles. The van der Waals surface area contributed by atoms with Crippen LogP contribution >= 0.6 is 11.6 Å². The van der Waals surface area contributed by atoms with Crippen LogP contribution in [-0.2, 0) is 11.2 Å². The monoisotopic (exact) mass is 333 g/mol. The van der Waals surface area contributed by atoms with Gasteiger partial charge in [-0.2, -0.15) is 0 Å².